The van der Waals surface area contributed by atoms with Crippen LogP contribution in [0.5, 0.6) is 0 Å². The van der Waals surface area contributed by atoms with Crippen LogP contribution in [0.3, 0.4) is 0 Å². The standard InChI is InChI=1S/C18H17FN4O2S/c1-10(2)22-18(24)15-9-21-16(26-15)7-5-13-11(3)25-23-17(13)14-6-4-12(19)8-20-14/h4-10H,1-3H3,(H,22,24)/b7-5+. The summed E-state index contributed by atoms with van der Waals surface area (Å²) in [4.78, 5) is 20.8. The lowest BCUT2D eigenvalue weighted by Crippen LogP contribution is -2.29. The highest BCUT2D eigenvalue weighted by atomic mass is 32.1. The third kappa shape index (κ3) is 4.02. The molecule has 0 radical (unpaired) electrons. The first kappa shape index (κ1) is 17.9. The Morgan fingerprint density at radius 3 is 2.77 bits per heavy atom. The van der Waals surface area contributed by atoms with Gasteiger partial charge in [-0.15, -0.1) is 11.3 Å². The van der Waals surface area contributed by atoms with Gasteiger partial charge in [0, 0.05) is 11.6 Å². The van der Waals surface area contributed by atoms with Crippen LogP contribution in [0.2, 0.25) is 0 Å². The van der Waals surface area contributed by atoms with E-state index in [0.29, 0.717) is 27.0 Å². The number of rotatable bonds is 5. The Morgan fingerprint density at radius 1 is 1.27 bits per heavy atom. The van der Waals surface area contributed by atoms with E-state index in [1.165, 1.54) is 17.4 Å². The van der Waals surface area contributed by atoms with E-state index in [0.717, 1.165) is 11.8 Å². The summed E-state index contributed by atoms with van der Waals surface area (Å²) in [5, 5.41) is 7.51. The number of thiazole rings is 1. The first-order valence-corrected chi connectivity index (χ1v) is 8.78. The minimum Gasteiger partial charge on any atom is -0.360 e. The maximum atomic E-state index is 13.1. The lowest BCUT2D eigenvalue weighted by Gasteiger charge is -2.05. The van der Waals surface area contributed by atoms with Crippen LogP contribution in [0.1, 0.15) is 39.9 Å². The summed E-state index contributed by atoms with van der Waals surface area (Å²) in [6, 6.07) is 2.93. The molecule has 8 heteroatoms. The summed E-state index contributed by atoms with van der Waals surface area (Å²) in [6.07, 6.45) is 6.26. The van der Waals surface area contributed by atoms with Crippen LogP contribution < -0.4 is 5.32 Å². The third-order valence-corrected chi connectivity index (χ3v) is 4.40. The quantitative estimate of drug-likeness (QED) is 0.733. The molecule has 0 aliphatic carbocycles. The SMILES string of the molecule is Cc1onc(-c2ccc(F)cn2)c1/C=C/c1ncc(C(=O)NC(C)C)s1. The number of aromatic nitrogens is 3. The lowest BCUT2D eigenvalue weighted by molar-refractivity contribution is 0.0947. The van der Waals surface area contributed by atoms with Gasteiger partial charge < -0.3 is 9.84 Å². The summed E-state index contributed by atoms with van der Waals surface area (Å²) < 4.78 is 18.3. The molecular weight excluding hydrogens is 355 g/mol. The van der Waals surface area contributed by atoms with Gasteiger partial charge in [-0.25, -0.2) is 9.37 Å². The molecule has 0 spiro atoms. The number of nitrogens with one attached hydrogen (secondary N) is 1. The Hall–Kier alpha value is -2.87. The predicted octanol–water partition coefficient (Wildman–Crippen LogP) is 3.95. The van der Waals surface area contributed by atoms with E-state index in [-0.39, 0.29) is 11.9 Å². The van der Waals surface area contributed by atoms with Gasteiger partial charge in [0.05, 0.1) is 18.1 Å². The Bertz CT molecular complexity index is 945. The number of hydrogen-bond acceptors (Lipinski definition) is 6. The Balaban J connectivity index is 1.83. The maximum absolute atomic E-state index is 13.1. The van der Waals surface area contributed by atoms with Gasteiger partial charge in [-0.2, -0.15) is 0 Å². The van der Waals surface area contributed by atoms with Gasteiger partial charge in [-0.1, -0.05) is 5.16 Å². The number of halogens is 1. The fourth-order valence-corrected chi connectivity index (χ4v) is 2.96. The average molecular weight is 372 g/mol. The summed E-state index contributed by atoms with van der Waals surface area (Å²) in [5.41, 5.74) is 1.76. The lowest BCUT2D eigenvalue weighted by atomic mass is 10.1. The van der Waals surface area contributed by atoms with Crippen LogP contribution in [0, 0.1) is 12.7 Å². The van der Waals surface area contributed by atoms with E-state index in [1.807, 2.05) is 13.8 Å². The zero-order chi connectivity index (χ0) is 18.7. The Morgan fingerprint density at radius 2 is 2.08 bits per heavy atom. The Labute approximate surface area is 153 Å². The van der Waals surface area contributed by atoms with Crippen molar-refractivity contribution >= 4 is 29.4 Å². The number of hydrogen-bond donors (Lipinski definition) is 1. The van der Waals surface area contributed by atoms with Crippen molar-refractivity contribution in [2.75, 3.05) is 0 Å². The predicted molar refractivity (Wildman–Crippen MR) is 98.1 cm³/mol. The molecule has 134 valence electrons. The number of carbonyl (C=O) groups excluding carboxylic acids is 1. The van der Waals surface area contributed by atoms with E-state index in [9.17, 15) is 9.18 Å². The van der Waals surface area contributed by atoms with Crippen molar-refractivity contribution in [1.29, 1.82) is 0 Å². The molecule has 0 saturated carbocycles. The first-order valence-electron chi connectivity index (χ1n) is 7.97. The van der Waals surface area contributed by atoms with Crippen molar-refractivity contribution in [3.05, 3.63) is 51.6 Å². The molecule has 0 fully saturated rings. The van der Waals surface area contributed by atoms with Crippen LogP contribution >= 0.6 is 11.3 Å². The third-order valence-electron chi connectivity index (χ3n) is 3.44. The van der Waals surface area contributed by atoms with Crippen molar-refractivity contribution in [2.45, 2.75) is 26.8 Å². The summed E-state index contributed by atoms with van der Waals surface area (Å²) >= 11 is 1.29. The number of nitrogens with zero attached hydrogens (tertiary/aromatic N) is 3. The van der Waals surface area contributed by atoms with Crippen molar-refractivity contribution in [2.24, 2.45) is 0 Å². The number of carbonyl (C=O) groups is 1. The minimum absolute atomic E-state index is 0.0639. The monoisotopic (exact) mass is 372 g/mol. The molecule has 0 aromatic carbocycles. The summed E-state index contributed by atoms with van der Waals surface area (Å²) in [5.74, 6) is 0.0484. The molecule has 3 aromatic heterocycles. The van der Waals surface area contributed by atoms with Crippen molar-refractivity contribution in [1.82, 2.24) is 20.4 Å². The smallest absolute Gasteiger partial charge is 0.263 e. The molecule has 0 unspecified atom stereocenters. The fraction of sp³-hybridized carbons (Fsp3) is 0.222. The first-order chi connectivity index (χ1) is 12.4. The second-order valence-electron chi connectivity index (χ2n) is 5.89. The molecule has 26 heavy (non-hydrogen) atoms. The van der Waals surface area contributed by atoms with Crippen LogP contribution in [0.15, 0.2) is 29.0 Å². The normalized spacial score (nSPS) is 11.4. The second-order valence-corrected chi connectivity index (χ2v) is 6.95. The van der Waals surface area contributed by atoms with Gasteiger partial charge in [0.2, 0.25) is 0 Å². The summed E-state index contributed by atoms with van der Waals surface area (Å²) in [7, 11) is 0. The van der Waals surface area contributed by atoms with Gasteiger partial charge in [0.25, 0.3) is 5.91 Å². The molecule has 3 aromatic rings. The van der Waals surface area contributed by atoms with Crippen LogP contribution in [-0.4, -0.2) is 27.1 Å². The van der Waals surface area contributed by atoms with Gasteiger partial charge in [-0.05, 0) is 45.1 Å². The summed E-state index contributed by atoms with van der Waals surface area (Å²) in [6.45, 7) is 5.59. The molecule has 0 bridgehead atoms. The molecule has 1 amide bonds. The van der Waals surface area contributed by atoms with Gasteiger partial charge in [0.1, 0.15) is 27.2 Å². The largest absolute Gasteiger partial charge is 0.360 e. The van der Waals surface area contributed by atoms with E-state index in [1.54, 1.807) is 31.3 Å². The van der Waals surface area contributed by atoms with Gasteiger partial charge in [0.15, 0.2) is 0 Å². The zero-order valence-electron chi connectivity index (χ0n) is 14.5. The molecule has 0 aliphatic heterocycles. The van der Waals surface area contributed by atoms with E-state index < -0.39 is 5.82 Å². The molecule has 0 aliphatic rings. The molecular formula is C18H17FN4O2S. The van der Waals surface area contributed by atoms with Crippen molar-refractivity contribution in [3.63, 3.8) is 0 Å². The number of amides is 1. The Kier molecular flexibility index (Phi) is 5.22. The van der Waals surface area contributed by atoms with Gasteiger partial charge >= 0.3 is 0 Å². The zero-order valence-corrected chi connectivity index (χ0v) is 15.3. The molecule has 3 heterocycles. The van der Waals surface area contributed by atoms with Crippen LogP contribution in [-0.2, 0) is 0 Å². The van der Waals surface area contributed by atoms with E-state index in [2.05, 4.69) is 20.4 Å². The molecule has 0 atom stereocenters. The average Bonchev–Trinajstić information content (AvgIpc) is 3.20. The molecule has 6 nitrogen and oxygen atoms in total. The highest BCUT2D eigenvalue weighted by molar-refractivity contribution is 7.14. The topological polar surface area (TPSA) is 80.9 Å². The number of pyridine rings is 1. The minimum atomic E-state index is -0.416. The van der Waals surface area contributed by atoms with Crippen LogP contribution in [0.25, 0.3) is 23.5 Å². The van der Waals surface area contributed by atoms with Gasteiger partial charge in [-0.3, -0.25) is 9.78 Å². The highest BCUT2D eigenvalue weighted by Gasteiger charge is 2.14. The molecule has 1 N–H and O–H groups in total. The maximum Gasteiger partial charge on any atom is 0.263 e. The second kappa shape index (κ2) is 7.57. The highest BCUT2D eigenvalue weighted by Crippen LogP contribution is 2.26. The molecule has 3 rings (SSSR count). The molecule has 0 saturated heterocycles. The van der Waals surface area contributed by atoms with Crippen LogP contribution in [0.4, 0.5) is 4.39 Å². The van der Waals surface area contributed by atoms with E-state index in [4.69, 9.17) is 4.52 Å². The van der Waals surface area contributed by atoms with Crippen molar-refractivity contribution in [3.8, 4) is 11.4 Å². The van der Waals surface area contributed by atoms with Crippen molar-refractivity contribution < 1.29 is 13.7 Å². The van der Waals surface area contributed by atoms with E-state index >= 15 is 0 Å². The fourth-order valence-electron chi connectivity index (χ4n) is 2.23. The number of aryl methyl sites for hydroxylation is 1.